The van der Waals surface area contributed by atoms with Gasteiger partial charge in [-0.15, -0.1) is 0 Å². The fourth-order valence-electron chi connectivity index (χ4n) is 2.75. The standard InChI is InChI=1S/C17H16BrN3O5S/c1-2-26-15-14(9-11(18)10-19-15)21(27(24)25)8-7-20-16(22)12-5-3-4-6-13(12)17(20)23/h3-6,9-10H,2,7-8H2,1H3,(H,24,25)/p-1. The minimum absolute atomic E-state index is 0.0988. The quantitative estimate of drug-likeness (QED) is 0.470. The molecule has 0 radical (unpaired) electrons. The van der Waals surface area contributed by atoms with Crippen molar-refractivity contribution in [1.29, 1.82) is 0 Å². The Balaban J connectivity index is 1.83. The maximum Gasteiger partial charge on any atom is 0.261 e. The molecule has 142 valence electrons. The first-order valence-electron chi connectivity index (χ1n) is 8.04. The van der Waals surface area contributed by atoms with Crippen molar-refractivity contribution in [1.82, 2.24) is 9.88 Å². The zero-order valence-corrected chi connectivity index (χ0v) is 16.7. The zero-order chi connectivity index (χ0) is 19.6. The first kappa shape index (κ1) is 19.5. The highest BCUT2D eigenvalue weighted by Gasteiger charge is 2.35. The van der Waals surface area contributed by atoms with Crippen LogP contribution in [-0.4, -0.2) is 50.2 Å². The predicted molar refractivity (Wildman–Crippen MR) is 101 cm³/mol. The second-order valence-electron chi connectivity index (χ2n) is 5.54. The summed E-state index contributed by atoms with van der Waals surface area (Å²) < 4.78 is 30.6. The molecular formula is C17H15BrN3O5S-. The largest absolute Gasteiger partial charge is 0.755 e. The van der Waals surface area contributed by atoms with E-state index in [4.69, 9.17) is 4.74 Å². The van der Waals surface area contributed by atoms with Gasteiger partial charge in [-0.25, -0.2) is 4.98 Å². The van der Waals surface area contributed by atoms with Crippen LogP contribution < -0.4 is 9.04 Å². The zero-order valence-electron chi connectivity index (χ0n) is 14.3. The first-order valence-corrected chi connectivity index (χ1v) is 9.87. The second kappa shape index (κ2) is 8.15. The fraction of sp³-hybridized carbons (Fsp3) is 0.235. The molecule has 3 rings (SSSR count). The van der Waals surface area contributed by atoms with Gasteiger partial charge in [0, 0.05) is 35.0 Å². The lowest BCUT2D eigenvalue weighted by Gasteiger charge is -2.29. The van der Waals surface area contributed by atoms with Gasteiger partial charge in [0.1, 0.15) is 5.69 Å². The van der Waals surface area contributed by atoms with Gasteiger partial charge >= 0.3 is 0 Å². The number of benzene rings is 1. The molecule has 10 heteroatoms. The molecule has 1 aromatic heterocycles. The molecule has 0 saturated carbocycles. The van der Waals surface area contributed by atoms with Crippen LogP contribution in [0.15, 0.2) is 41.0 Å². The Labute approximate surface area is 166 Å². The molecule has 8 nitrogen and oxygen atoms in total. The van der Waals surface area contributed by atoms with Crippen LogP contribution in [0.3, 0.4) is 0 Å². The molecule has 2 heterocycles. The van der Waals surface area contributed by atoms with Crippen molar-refractivity contribution < 1.29 is 23.1 Å². The van der Waals surface area contributed by atoms with Crippen LogP contribution >= 0.6 is 15.9 Å². The van der Waals surface area contributed by atoms with E-state index in [1.807, 2.05) is 0 Å². The number of hydrogen-bond acceptors (Lipinski definition) is 6. The van der Waals surface area contributed by atoms with Crippen LogP contribution in [0, 0.1) is 0 Å². The normalized spacial score (nSPS) is 14.3. The van der Waals surface area contributed by atoms with Gasteiger partial charge in [0.15, 0.2) is 0 Å². The molecular weight excluding hydrogens is 438 g/mol. The van der Waals surface area contributed by atoms with E-state index < -0.39 is 23.1 Å². The van der Waals surface area contributed by atoms with Gasteiger partial charge in [-0.2, -0.15) is 0 Å². The number of carbonyl (C=O) groups excluding carboxylic acids is 2. The lowest BCUT2D eigenvalue weighted by Crippen LogP contribution is -2.39. The number of nitrogens with zero attached hydrogens (tertiary/aromatic N) is 3. The summed E-state index contributed by atoms with van der Waals surface area (Å²) in [4.78, 5) is 30.0. The molecule has 27 heavy (non-hydrogen) atoms. The Morgan fingerprint density at radius 1 is 1.26 bits per heavy atom. The third kappa shape index (κ3) is 3.87. The Morgan fingerprint density at radius 3 is 2.44 bits per heavy atom. The number of imide groups is 1. The van der Waals surface area contributed by atoms with E-state index in [0.717, 1.165) is 9.21 Å². The van der Waals surface area contributed by atoms with Crippen molar-refractivity contribution in [2.24, 2.45) is 0 Å². The number of carbonyl (C=O) groups is 2. The van der Waals surface area contributed by atoms with Crippen LogP contribution in [0.4, 0.5) is 5.69 Å². The molecule has 0 aliphatic carbocycles. The minimum Gasteiger partial charge on any atom is -0.755 e. The van der Waals surface area contributed by atoms with Crippen LogP contribution in [0.2, 0.25) is 0 Å². The van der Waals surface area contributed by atoms with E-state index in [2.05, 4.69) is 20.9 Å². The highest BCUT2D eigenvalue weighted by molar-refractivity contribution is 9.10. The molecule has 1 atom stereocenters. The fourth-order valence-corrected chi connectivity index (χ4v) is 3.59. The topological polar surface area (TPSA) is 103 Å². The number of ether oxygens (including phenoxy) is 1. The number of amides is 2. The highest BCUT2D eigenvalue weighted by Crippen LogP contribution is 2.30. The molecule has 0 fully saturated rings. The molecule has 1 aliphatic heterocycles. The van der Waals surface area contributed by atoms with E-state index in [1.54, 1.807) is 37.3 Å². The SMILES string of the molecule is CCOc1ncc(Br)cc1N(CCN1C(=O)c2ccccc2C1=O)S(=O)[O-]. The lowest BCUT2D eigenvalue weighted by molar-refractivity contribution is 0.0659. The molecule has 2 amide bonds. The Morgan fingerprint density at radius 2 is 1.89 bits per heavy atom. The number of rotatable bonds is 7. The summed E-state index contributed by atoms with van der Waals surface area (Å²) in [7, 11) is 0. The highest BCUT2D eigenvalue weighted by atomic mass is 79.9. The van der Waals surface area contributed by atoms with Crippen molar-refractivity contribution in [3.05, 3.63) is 52.1 Å². The number of halogens is 1. The molecule has 0 spiro atoms. The van der Waals surface area contributed by atoms with E-state index in [0.29, 0.717) is 22.2 Å². The number of pyridine rings is 1. The average molecular weight is 453 g/mol. The second-order valence-corrected chi connectivity index (χ2v) is 7.33. The third-order valence-corrected chi connectivity index (χ3v) is 5.11. The molecule has 1 aliphatic rings. The molecule has 0 saturated heterocycles. The van der Waals surface area contributed by atoms with Gasteiger partial charge in [0.25, 0.3) is 11.8 Å². The van der Waals surface area contributed by atoms with E-state index in [1.165, 1.54) is 6.20 Å². The maximum absolute atomic E-state index is 12.4. The summed E-state index contributed by atoms with van der Waals surface area (Å²) in [5.41, 5.74) is 0.851. The Bertz CT molecular complexity index is 888. The third-order valence-electron chi connectivity index (χ3n) is 3.93. The van der Waals surface area contributed by atoms with Gasteiger partial charge in [-0.05, 0) is 41.1 Å². The summed E-state index contributed by atoms with van der Waals surface area (Å²) in [6.07, 6.45) is 1.49. The lowest BCUT2D eigenvalue weighted by atomic mass is 10.1. The number of anilines is 1. The maximum atomic E-state index is 12.4. The predicted octanol–water partition coefficient (Wildman–Crippen LogP) is 2.14. The van der Waals surface area contributed by atoms with Crippen molar-refractivity contribution in [2.45, 2.75) is 6.92 Å². The van der Waals surface area contributed by atoms with E-state index >= 15 is 0 Å². The molecule has 0 N–H and O–H groups in total. The summed E-state index contributed by atoms with van der Waals surface area (Å²) in [6, 6.07) is 8.05. The summed E-state index contributed by atoms with van der Waals surface area (Å²) >= 11 is 0.600. The van der Waals surface area contributed by atoms with Crippen molar-refractivity contribution in [3.8, 4) is 5.88 Å². The van der Waals surface area contributed by atoms with Gasteiger partial charge < -0.3 is 9.29 Å². The molecule has 1 aromatic carbocycles. The van der Waals surface area contributed by atoms with Crippen LogP contribution in [-0.2, 0) is 11.3 Å². The van der Waals surface area contributed by atoms with E-state index in [9.17, 15) is 18.4 Å². The molecule has 0 bridgehead atoms. The van der Waals surface area contributed by atoms with Gasteiger partial charge in [-0.3, -0.25) is 23.0 Å². The Hall–Kier alpha value is -2.30. The molecule has 2 aromatic rings. The minimum atomic E-state index is -2.66. The summed E-state index contributed by atoms with van der Waals surface area (Å²) in [6.45, 7) is 1.84. The van der Waals surface area contributed by atoms with Gasteiger partial charge in [0.2, 0.25) is 5.88 Å². The van der Waals surface area contributed by atoms with Crippen molar-refractivity contribution in [3.63, 3.8) is 0 Å². The number of aromatic nitrogens is 1. The van der Waals surface area contributed by atoms with Crippen LogP contribution in [0.1, 0.15) is 27.6 Å². The number of fused-ring (bicyclic) bond motifs is 1. The monoisotopic (exact) mass is 452 g/mol. The van der Waals surface area contributed by atoms with Gasteiger partial charge in [0.05, 0.1) is 17.7 Å². The number of hydrogen-bond donors (Lipinski definition) is 0. The smallest absolute Gasteiger partial charge is 0.261 e. The first-order chi connectivity index (χ1) is 12.9. The van der Waals surface area contributed by atoms with Crippen molar-refractivity contribution >= 4 is 44.7 Å². The average Bonchev–Trinajstić information content (AvgIpc) is 2.89. The van der Waals surface area contributed by atoms with Crippen molar-refractivity contribution in [2.75, 3.05) is 24.0 Å². The van der Waals surface area contributed by atoms with E-state index in [-0.39, 0.29) is 24.7 Å². The van der Waals surface area contributed by atoms with Gasteiger partial charge in [-0.1, -0.05) is 12.1 Å². The molecule has 1 unspecified atom stereocenters. The Kier molecular flexibility index (Phi) is 5.88. The summed E-state index contributed by atoms with van der Waals surface area (Å²) in [5.74, 6) is -0.735. The van der Waals surface area contributed by atoms with Crippen LogP contribution in [0.25, 0.3) is 0 Å². The summed E-state index contributed by atoms with van der Waals surface area (Å²) in [5, 5.41) is 0. The van der Waals surface area contributed by atoms with Crippen LogP contribution in [0.5, 0.6) is 5.88 Å².